The second kappa shape index (κ2) is 6.88. The topological polar surface area (TPSA) is 104 Å². The smallest absolute Gasteiger partial charge is 0.307 e. The molecule has 0 aliphatic rings. The van der Waals surface area contributed by atoms with Crippen LogP contribution in [-0.4, -0.2) is 55.7 Å². The lowest BCUT2D eigenvalue weighted by Crippen LogP contribution is -2.33. The molecule has 1 unspecified atom stereocenters. The molecule has 0 bridgehead atoms. The predicted molar refractivity (Wildman–Crippen MR) is 75.8 cm³/mol. The molecular weight excluding hydrogens is 298 g/mol. The number of ether oxygens (including phenoxy) is 1. The van der Waals surface area contributed by atoms with Gasteiger partial charge in [-0.15, -0.1) is 0 Å². The molecule has 0 amide bonds. The van der Waals surface area contributed by atoms with Crippen molar-refractivity contribution in [2.75, 3.05) is 20.7 Å². The van der Waals surface area contributed by atoms with E-state index in [-0.39, 0.29) is 17.0 Å². The van der Waals surface area contributed by atoms with E-state index < -0.39 is 28.5 Å². The number of methoxy groups -OCH3 is 1. The summed E-state index contributed by atoms with van der Waals surface area (Å²) in [6, 6.07) is 4.15. The van der Waals surface area contributed by atoms with Crippen LogP contribution in [0.25, 0.3) is 0 Å². The number of aliphatic hydroxyl groups excluding tert-OH is 1. The molecule has 0 aliphatic heterocycles. The van der Waals surface area contributed by atoms with Gasteiger partial charge in [0, 0.05) is 13.6 Å². The maximum atomic E-state index is 12.5. The summed E-state index contributed by atoms with van der Waals surface area (Å²) in [6.07, 6.45) is -1.26. The van der Waals surface area contributed by atoms with Crippen LogP contribution in [0, 0.1) is 0 Å². The molecule has 21 heavy (non-hydrogen) atoms. The van der Waals surface area contributed by atoms with Crippen LogP contribution in [0.15, 0.2) is 23.1 Å². The van der Waals surface area contributed by atoms with Gasteiger partial charge in [0.1, 0.15) is 5.75 Å². The molecule has 0 spiro atoms. The molecule has 7 nitrogen and oxygen atoms in total. The summed E-state index contributed by atoms with van der Waals surface area (Å²) in [4.78, 5) is 10.8. The number of hydrogen-bond donors (Lipinski definition) is 2. The lowest BCUT2D eigenvalue weighted by Gasteiger charge is -2.20. The van der Waals surface area contributed by atoms with E-state index in [1.54, 1.807) is 0 Å². The van der Waals surface area contributed by atoms with Crippen molar-refractivity contribution in [1.29, 1.82) is 0 Å². The maximum absolute atomic E-state index is 12.5. The summed E-state index contributed by atoms with van der Waals surface area (Å²) in [5.74, 6) is -0.763. The van der Waals surface area contributed by atoms with Crippen LogP contribution >= 0.6 is 0 Å². The Morgan fingerprint density at radius 2 is 2.05 bits per heavy atom. The van der Waals surface area contributed by atoms with E-state index in [9.17, 15) is 18.3 Å². The summed E-state index contributed by atoms with van der Waals surface area (Å²) < 4.78 is 30.9. The van der Waals surface area contributed by atoms with Crippen molar-refractivity contribution in [1.82, 2.24) is 4.31 Å². The summed E-state index contributed by atoms with van der Waals surface area (Å²) in [7, 11) is -1.14. The normalized spacial score (nSPS) is 13.2. The van der Waals surface area contributed by atoms with Gasteiger partial charge in [-0.1, -0.05) is 0 Å². The van der Waals surface area contributed by atoms with E-state index in [2.05, 4.69) is 0 Å². The molecule has 0 aromatic heterocycles. The SMILES string of the molecule is COc1ccc(S(=O)(=O)N(C)CC(C)O)c(CC(=O)O)c1. The fraction of sp³-hybridized carbons (Fsp3) is 0.462. The first kappa shape index (κ1) is 17.4. The van der Waals surface area contributed by atoms with E-state index in [1.807, 2.05) is 0 Å². The number of sulfonamides is 1. The second-order valence-corrected chi connectivity index (χ2v) is 6.69. The van der Waals surface area contributed by atoms with E-state index in [0.717, 1.165) is 4.31 Å². The Kier molecular flexibility index (Phi) is 5.70. The number of nitrogens with zero attached hydrogens (tertiary/aromatic N) is 1. The van der Waals surface area contributed by atoms with Crippen LogP contribution in [0.1, 0.15) is 12.5 Å². The first-order valence-corrected chi connectivity index (χ1v) is 7.65. The minimum Gasteiger partial charge on any atom is -0.497 e. The summed E-state index contributed by atoms with van der Waals surface area (Å²) in [6.45, 7) is 1.39. The molecule has 1 rings (SSSR count). The van der Waals surface area contributed by atoms with Gasteiger partial charge in [0.05, 0.1) is 24.5 Å². The number of carboxylic acids is 1. The summed E-state index contributed by atoms with van der Waals surface area (Å²) >= 11 is 0. The molecule has 1 aromatic rings. The van der Waals surface area contributed by atoms with E-state index in [4.69, 9.17) is 9.84 Å². The van der Waals surface area contributed by atoms with Gasteiger partial charge >= 0.3 is 5.97 Å². The third-order valence-electron chi connectivity index (χ3n) is 2.82. The molecule has 0 saturated heterocycles. The third-order valence-corrected chi connectivity index (χ3v) is 4.74. The van der Waals surface area contributed by atoms with Gasteiger partial charge in [0.15, 0.2) is 0 Å². The highest BCUT2D eigenvalue weighted by atomic mass is 32.2. The van der Waals surface area contributed by atoms with Gasteiger partial charge in [0.2, 0.25) is 10.0 Å². The first-order chi connectivity index (χ1) is 9.68. The molecule has 8 heteroatoms. The maximum Gasteiger partial charge on any atom is 0.307 e. The van der Waals surface area contributed by atoms with Crippen LogP contribution in [0.5, 0.6) is 5.75 Å². The van der Waals surface area contributed by atoms with Gasteiger partial charge in [-0.2, -0.15) is 4.31 Å². The van der Waals surface area contributed by atoms with Crippen molar-refractivity contribution in [3.8, 4) is 5.75 Å². The Labute approximate surface area is 123 Å². The van der Waals surface area contributed by atoms with Crippen LogP contribution < -0.4 is 4.74 Å². The molecule has 0 heterocycles. The standard InChI is InChI=1S/C13H19NO6S/c1-9(15)8-14(2)21(18,19)12-5-4-11(20-3)6-10(12)7-13(16)17/h4-6,9,15H,7-8H2,1-3H3,(H,16,17). The Morgan fingerprint density at radius 3 is 2.52 bits per heavy atom. The Hall–Kier alpha value is -1.64. The molecule has 0 saturated carbocycles. The van der Waals surface area contributed by atoms with E-state index in [0.29, 0.717) is 5.75 Å². The Balaban J connectivity index is 3.30. The van der Waals surface area contributed by atoms with Crippen LogP contribution in [0.4, 0.5) is 0 Å². The molecule has 118 valence electrons. The zero-order valence-corrected chi connectivity index (χ0v) is 12.9. The fourth-order valence-corrected chi connectivity index (χ4v) is 3.32. The minimum atomic E-state index is -3.88. The van der Waals surface area contributed by atoms with Crippen LogP contribution in [-0.2, 0) is 21.2 Å². The number of rotatable bonds is 7. The highest BCUT2D eigenvalue weighted by molar-refractivity contribution is 7.89. The second-order valence-electron chi connectivity index (χ2n) is 4.68. The predicted octanol–water partition coefficient (Wildman–Crippen LogP) is 0.324. The van der Waals surface area contributed by atoms with Crippen molar-refractivity contribution < 1.29 is 28.2 Å². The number of hydrogen-bond acceptors (Lipinski definition) is 5. The van der Waals surface area contributed by atoms with Gasteiger partial charge in [0.25, 0.3) is 0 Å². The summed E-state index contributed by atoms with van der Waals surface area (Å²) in [5, 5.41) is 18.2. The third kappa shape index (κ3) is 4.42. The molecule has 0 aliphatic carbocycles. The molecule has 2 N–H and O–H groups in total. The zero-order valence-electron chi connectivity index (χ0n) is 12.1. The number of aliphatic hydroxyl groups is 1. The molecule has 1 atom stereocenters. The number of benzene rings is 1. The largest absolute Gasteiger partial charge is 0.497 e. The molecule has 0 radical (unpaired) electrons. The molecule has 1 aromatic carbocycles. The average molecular weight is 317 g/mol. The van der Waals surface area contributed by atoms with E-state index in [1.165, 1.54) is 39.3 Å². The zero-order chi connectivity index (χ0) is 16.2. The van der Waals surface area contributed by atoms with Crippen molar-refractivity contribution >= 4 is 16.0 Å². The lowest BCUT2D eigenvalue weighted by molar-refractivity contribution is -0.136. The Morgan fingerprint density at radius 1 is 1.43 bits per heavy atom. The van der Waals surface area contributed by atoms with Crippen LogP contribution in [0.3, 0.4) is 0 Å². The first-order valence-electron chi connectivity index (χ1n) is 6.21. The van der Waals surface area contributed by atoms with Crippen molar-refractivity contribution in [3.63, 3.8) is 0 Å². The van der Waals surface area contributed by atoms with Crippen LogP contribution in [0.2, 0.25) is 0 Å². The number of carbonyl (C=O) groups is 1. The number of aliphatic carboxylic acids is 1. The molecule has 0 fully saturated rings. The van der Waals surface area contributed by atoms with Gasteiger partial charge in [-0.05, 0) is 30.7 Å². The fourth-order valence-electron chi connectivity index (χ4n) is 1.87. The van der Waals surface area contributed by atoms with E-state index >= 15 is 0 Å². The average Bonchev–Trinajstić information content (AvgIpc) is 2.36. The number of likely N-dealkylation sites (N-methyl/N-ethyl adjacent to an activating group) is 1. The lowest BCUT2D eigenvalue weighted by atomic mass is 10.1. The van der Waals surface area contributed by atoms with Gasteiger partial charge in [-0.25, -0.2) is 8.42 Å². The monoisotopic (exact) mass is 317 g/mol. The highest BCUT2D eigenvalue weighted by Crippen LogP contribution is 2.25. The molecular formula is C13H19NO6S. The quantitative estimate of drug-likeness (QED) is 0.751. The Bertz CT molecular complexity index is 611. The van der Waals surface area contributed by atoms with Gasteiger partial charge < -0.3 is 14.9 Å². The summed E-state index contributed by atoms with van der Waals surface area (Å²) in [5.41, 5.74) is 0.138. The minimum absolute atomic E-state index is 0.0825. The number of carboxylic acid groups (broad SMARTS) is 1. The van der Waals surface area contributed by atoms with Crippen molar-refractivity contribution in [2.24, 2.45) is 0 Å². The van der Waals surface area contributed by atoms with Crippen molar-refractivity contribution in [3.05, 3.63) is 23.8 Å². The van der Waals surface area contributed by atoms with Crippen molar-refractivity contribution in [2.45, 2.75) is 24.3 Å². The van der Waals surface area contributed by atoms with Gasteiger partial charge in [-0.3, -0.25) is 4.79 Å². The highest BCUT2D eigenvalue weighted by Gasteiger charge is 2.26.